The van der Waals surface area contributed by atoms with E-state index in [4.69, 9.17) is 14.2 Å². The van der Waals surface area contributed by atoms with Crippen molar-refractivity contribution in [3.8, 4) is 11.5 Å². The normalized spacial score (nSPS) is 18.5. The molecule has 0 aliphatic carbocycles. The van der Waals surface area contributed by atoms with Gasteiger partial charge in [0.2, 0.25) is 12.7 Å². The van der Waals surface area contributed by atoms with Gasteiger partial charge in [-0.15, -0.1) is 0 Å². The third-order valence-electron chi connectivity index (χ3n) is 2.62. The fourth-order valence-corrected chi connectivity index (χ4v) is 1.80. The van der Waals surface area contributed by atoms with Gasteiger partial charge in [0, 0.05) is 25.9 Å². The second-order valence-electron chi connectivity index (χ2n) is 4.35. The Kier molecular flexibility index (Phi) is 2.63. The van der Waals surface area contributed by atoms with Gasteiger partial charge in [-0.2, -0.15) is 0 Å². The molecule has 1 aromatic rings. The number of aliphatic imine (C=N–C) groups is 1. The smallest absolute Gasteiger partial charge is 0.365 e. The largest absolute Gasteiger partial charge is 0.454 e. The highest BCUT2D eigenvalue weighted by Crippen LogP contribution is 2.33. The number of rotatable bonds is 2. The Labute approximate surface area is 109 Å². The summed E-state index contributed by atoms with van der Waals surface area (Å²) in [7, 11) is 3.63. The number of benzene rings is 1. The van der Waals surface area contributed by atoms with E-state index in [0.717, 1.165) is 0 Å². The molecule has 19 heavy (non-hydrogen) atoms. The molecule has 0 radical (unpaired) electrons. The van der Waals surface area contributed by atoms with E-state index in [1.807, 2.05) is 14.1 Å². The van der Waals surface area contributed by atoms with Crippen LogP contribution in [-0.2, 0) is 9.53 Å². The lowest BCUT2D eigenvalue weighted by Crippen LogP contribution is -2.07. The van der Waals surface area contributed by atoms with E-state index in [2.05, 4.69) is 4.99 Å². The maximum absolute atomic E-state index is 11.6. The molecule has 0 fully saturated rings. The zero-order valence-electron chi connectivity index (χ0n) is 10.5. The molecule has 0 saturated heterocycles. The van der Waals surface area contributed by atoms with Gasteiger partial charge in [0.15, 0.2) is 17.2 Å². The van der Waals surface area contributed by atoms with Crippen LogP contribution in [0.5, 0.6) is 11.5 Å². The first-order valence-corrected chi connectivity index (χ1v) is 5.72. The Hall–Kier alpha value is -2.50. The number of cyclic esters (lactones) is 1. The summed E-state index contributed by atoms with van der Waals surface area (Å²) in [6.07, 6.45) is 1.61. The number of nitrogens with zero attached hydrogens (tertiary/aromatic N) is 2. The van der Waals surface area contributed by atoms with Crippen LogP contribution >= 0.6 is 0 Å². The lowest BCUT2D eigenvalue weighted by atomic mass is 10.2. The molecule has 2 aliphatic rings. The third kappa shape index (κ3) is 2.12. The summed E-state index contributed by atoms with van der Waals surface area (Å²) >= 11 is 0. The average Bonchev–Trinajstić information content (AvgIpc) is 2.95. The molecule has 0 saturated carbocycles. The summed E-state index contributed by atoms with van der Waals surface area (Å²) in [6.45, 7) is 0.205. The SMILES string of the molecule is CN(C)/C=C1/N=C(c2ccc3c(c2)OCO3)OC1=O. The first-order valence-electron chi connectivity index (χ1n) is 5.72. The van der Waals surface area contributed by atoms with Gasteiger partial charge >= 0.3 is 5.97 Å². The zero-order valence-corrected chi connectivity index (χ0v) is 10.5. The molecular weight excluding hydrogens is 248 g/mol. The monoisotopic (exact) mass is 260 g/mol. The molecule has 0 amide bonds. The highest BCUT2D eigenvalue weighted by molar-refractivity contribution is 6.11. The van der Waals surface area contributed by atoms with Crippen molar-refractivity contribution < 1.29 is 19.0 Å². The van der Waals surface area contributed by atoms with Gasteiger partial charge in [-0.05, 0) is 18.2 Å². The Morgan fingerprint density at radius 2 is 2.05 bits per heavy atom. The summed E-state index contributed by atoms with van der Waals surface area (Å²) in [4.78, 5) is 17.6. The Balaban J connectivity index is 1.93. The third-order valence-corrected chi connectivity index (χ3v) is 2.62. The van der Waals surface area contributed by atoms with E-state index in [9.17, 15) is 4.79 Å². The molecule has 0 bridgehead atoms. The van der Waals surface area contributed by atoms with Crippen molar-refractivity contribution in [2.75, 3.05) is 20.9 Å². The molecule has 1 aromatic carbocycles. The molecule has 0 N–H and O–H groups in total. The molecule has 0 aromatic heterocycles. The minimum absolute atomic E-state index is 0.205. The highest BCUT2D eigenvalue weighted by Gasteiger charge is 2.26. The molecule has 6 heteroatoms. The van der Waals surface area contributed by atoms with Gasteiger partial charge in [-0.1, -0.05) is 0 Å². The van der Waals surface area contributed by atoms with Crippen LogP contribution in [0, 0.1) is 0 Å². The van der Waals surface area contributed by atoms with Crippen LogP contribution in [0.4, 0.5) is 0 Å². The Morgan fingerprint density at radius 3 is 2.84 bits per heavy atom. The van der Waals surface area contributed by atoms with Crippen molar-refractivity contribution in [2.24, 2.45) is 4.99 Å². The fourth-order valence-electron chi connectivity index (χ4n) is 1.80. The standard InChI is InChI=1S/C13H12N2O4/c1-15(2)6-9-13(16)19-12(14-9)8-3-4-10-11(5-8)18-7-17-10/h3-6H,7H2,1-2H3/b9-6+. The number of hydrogen-bond acceptors (Lipinski definition) is 6. The van der Waals surface area contributed by atoms with Crippen molar-refractivity contribution >= 4 is 11.9 Å². The maximum Gasteiger partial charge on any atom is 0.365 e. The molecule has 98 valence electrons. The molecule has 3 rings (SSSR count). The van der Waals surface area contributed by atoms with Gasteiger partial charge < -0.3 is 19.1 Å². The minimum Gasteiger partial charge on any atom is -0.454 e. The first-order chi connectivity index (χ1) is 9.13. The van der Waals surface area contributed by atoms with E-state index < -0.39 is 5.97 Å². The number of carbonyl (C=O) groups is 1. The van der Waals surface area contributed by atoms with Gasteiger partial charge in [0.05, 0.1) is 0 Å². The summed E-state index contributed by atoms with van der Waals surface area (Å²) in [5.74, 6) is 1.12. The average molecular weight is 260 g/mol. The maximum atomic E-state index is 11.6. The Morgan fingerprint density at radius 1 is 1.26 bits per heavy atom. The van der Waals surface area contributed by atoms with Crippen LogP contribution in [0.1, 0.15) is 5.56 Å². The van der Waals surface area contributed by atoms with Crippen LogP contribution < -0.4 is 9.47 Å². The van der Waals surface area contributed by atoms with Crippen molar-refractivity contribution in [1.82, 2.24) is 4.90 Å². The van der Waals surface area contributed by atoms with Gasteiger partial charge in [-0.3, -0.25) is 0 Å². The molecule has 6 nitrogen and oxygen atoms in total. The summed E-state index contributed by atoms with van der Waals surface area (Å²) in [5, 5.41) is 0. The topological polar surface area (TPSA) is 60.4 Å². The van der Waals surface area contributed by atoms with Crippen molar-refractivity contribution in [2.45, 2.75) is 0 Å². The van der Waals surface area contributed by atoms with Crippen LogP contribution in [0.25, 0.3) is 0 Å². The first kappa shape index (κ1) is 11.6. The van der Waals surface area contributed by atoms with Crippen LogP contribution in [0.15, 0.2) is 35.1 Å². The van der Waals surface area contributed by atoms with E-state index in [1.165, 1.54) is 0 Å². The lowest BCUT2D eigenvalue weighted by molar-refractivity contribution is -0.130. The zero-order chi connectivity index (χ0) is 13.4. The minimum atomic E-state index is -0.457. The molecule has 0 spiro atoms. The number of hydrogen-bond donors (Lipinski definition) is 0. The van der Waals surface area contributed by atoms with Crippen molar-refractivity contribution in [1.29, 1.82) is 0 Å². The summed E-state index contributed by atoms with van der Waals surface area (Å²) < 4.78 is 15.6. The van der Waals surface area contributed by atoms with E-state index in [-0.39, 0.29) is 18.4 Å². The van der Waals surface area contributed by atoms with E-state index >= 15 is 0 Å². The molecular formula is C13H12N2O4. The van der Waals surface area contributed by atoms with Crippen LogP contribution in [-0.4, -0.2) is 37.7 Å². The second kappa shape index (κ2) is 4.31. The van der Waals surface area contributed by atoms with E-state index in [1.54, 1.807) is 29.3 Å². The van der Waals surface area contributed by atoms with Crippen molar-refractivity contribution in [3.63, 3.8) is 0 Å². The van der Waals surface area contributed by atoms with Crippen LogP contribution in [0.3, 0.4) is 0 Å². The number of ether oxygens (including phenoxy) is 3. The fraction of sp³-hybridized carbons (Fsp3) is 0.231. The Bertz CT molecular complexity index is 605. The van der Waals surface area contributed by atoms with E-state index in [0.29, 0.717) is 17.1 Å². The quantitative estimate of drug-likeness (QED) is 0.589. The molecule has 2 heterocycles. The van der Waals surface area contributed by atoms with Gasteiger partial charge in [-0.25, -0.2) is 9.79 Å². The number of esters is 1. The molecule has 0 unspecified atom stereocenters. The molecule has 2 aliphatic heterocycles. The predicted octanol–water partition coefficient (Wildman–Crippen LogP) is 1.12. The summed E-state index contributed by atoms with van der Waals surface area (Å²) in [6, 6.07) is 5.28. The molecule has 0 atom stereocenters. The number of fused-ring (bicyclic) bond motifs is 1. The number of carbonyl (C=O) groups excluding carboxylic acids is 1. The van der Waals surface area contributed by atoms with Gasteiger partial charge in [0.25, 0.3) is 0 Å². The van der Waals surface area contributed by atoms with Crippen LogP contribution in [0.2, 0.25) is 0 Å². The summed E-state index contributed by atoms with van der Waals surface area (Å²) in [5.41, 5.74) is 0.956. The second-order valence-corrected chi connectivity index (χ2v) is 4.35. The predicted molar refractivity (Wildman–Crippen MR) is 67.0 cm³/mol. The lowest BCUT2D eigenvalue weighted by Gasteiger charge is -2.02. The van der Waals surface area contributed by atoms with Crippen molar-refractivity contribution in [3.05, 3.63) is 35.7 Å². The highest BCUT2D eigenvalue weighted by atomic mass is 16.7. The van der Waals surface area contributed by atoms with Gasteiger partial charge in [0.1, 0.15) is 0 Å².